The van der Waals surface area contributed by atoms with E-state index in [1.54, 1.807) is 0 Å². The molecule has 0 amide bonds. The molecule has 0 fully saturated rings. The van der Waals surface area contributed by atoms with Gasteiger partial charge in [0.25, 0.3) is 0 Å². The van der Waals surface area contributed by atoms with Crippen LogP contribution in [0.25, 0.3) is 44.1 Å². The Morgan fingerprint density at radius 2 is 1.44 bits per heavy atom. The second-order valence-corrected chi connectivity index (χ2v) is 10.8. The number of nitrogens with two attached hydrogens (primary N) is 1. The third kappa shape index (κ3) is 4.57. The Hall–Kier alpha value is -4.80. The zero-order chi connectivity index (χ0) is 27.8. The van der Waals surface area contributed by atoms with E-state index in [1.165, 1.54) is 55.1 Å². The Morgan fingerprint density at radius 1 is 0.707 bits per heavy atom. The molecule has 0 bridgehead atoms. The predicted molar refractivity (Wildman–Crippen MR) is 178 cm³/mol. The maximum atomic E-state index is 6.63. The second kappa shape index (κ2) is 10.6. The molecule has 2 heterocycles. The van der Waals surface area contributed by atoms with E-state index in [4.69, 9.17) is 5.64 Å². The number of anilines is 1. The molecule has 4 heteroatoms. The van der Waals surface area contributed by atoms with Gasteiger partial charge in [-0.25, -0.2) is 0 Å². The molecule has 1 aromatic heterocycles. The normalized spacial score (nSPS) is 15.0. The molecule has 0 saturated carbocycles. The first-order valence-corrected chi connectivity index (χ1v) is 14.3. The van der Waals surface area contributed by atoms with Crippen LogP contribution in [0.3, 0.4) is 0 Å². The van der Waals surface area contributed by atoms with E-state index in [2.05, 4.69) is 144 Å². The Kier molecular flexibility index (Phi) is 6.54. The summed E-state index contributed by atoms with van der Waals surface area (Å²) in [4.78, 5) is 0. The Bertz CT molecular complexity index is 1910. The number of allylic oxidation sites excluding steroid dienone is 10. The van der Waals surface area contributed by atoms with Crippen molar-refractivity contribution in [2.45, 2.75) is 12.3 Å². The molecule has 0 spiro atoms. The smallest absolute Gasteiger partial charge is 0.371 e. The van der Waals surface area contributed by atoms with Gasteiger partial charge in [0.05, 0.1) is 0 Å². The summed E-state index contributed by atoms with van der Waals surface area (Å²) in [5, 5.41) is 6.12. The van der Waals surface area contributed by atoms with Gasteiger partial charge in [-0.05, 0) is 64.5 Å². The number of hydrogen-bond donors (Lipinski definition) is 2. The fourth-order valence-electron chi connectivity index (χ4n) is 6.28. The lowest BCUT2D eigenvalue weighted by Crippen LogP contribution is -2.52. The van der Waals surface area contributed by atoms with E-state index in [1.807, 2.05) is 12.2 Å². The van der Waals surface area contributed by atoms with Crippen molar-refractivity contribution in [1.82, 2.24) is 4.57 Å². The fraction of sp³-hybridized carbons (Fsp3) is 0.0811. The molecule has 41 heavy (non-hydrogen) atoms. The Morgan fingerprint density at radius 3 is 2.27 bits per heavy atom. The molecule has 3 aliphatic rings. The van der Waals surface area contributed by atoms with Gasteiger partial charge in [-0.3, -0.25) is 0 Å². The summed E-state index contributed by atoms with van der Waals surface area (Å²) in [5.41, 5.74) is 17.6. The van der Waals surface area contributed by atoms with Crippen LogP contribution in [-0.2, 0) is 7.05 Å². The summed E-state index contributed by atoms with van der Waals surface area (Å²) in [7, 11) is 2.14. The molecule has 1 aliphatic heterocycles. The monoisotopic (exact) mass is 529 g/mol. The highest BCUT2D eigenvalue weighted by molar-refractivity contribution is 6.76. The fourth-order valence-corrected chi connectivity index (χ4v) is 6.28. The molecule has 0 atom stereocenters. The molecule has 8 rings (SSSR count). The van der Waals surface area contributed by atoms with Crippen LogP contribution in [0.2, 0.25) is 0 Å². The average Bonchev–Trinajstić information content (AvgIpc) is 3.53. The van der Waals surface area contributed by atoms with Crippen molar-refractivity contribution >= 4 is 39.9 Å². The summed E-state index contributed by atoms with van der Waals surface area (Å²) in [6.45, 7) is -0.223. The van der Waals surface area contributed by atoms with E-state index in [0.29, 0.717) is 0 Å². The van der Waals surface area contributed by atoms with Crippen LogP contribution in [0.1, 0.15) is 17.9 Å². The van der Waals surface area contributed by atoms with Crippen LogP contribution in [0.5, 0.6) is 0 Å². The minimum absolute atomic E-state index is 0.223. The quantitative estimate of drug-likeness (QED) is 0.228. The first kappa shape index (κ1) is 25.2. The van der Waals surface area contributed by atoms with Crippen molar-refractivity contribution in [2.75, 3.05) is 5.23 Å². The maximum absolute atomic E-state index is 6.63. The van der Waals surface area contributed by atoms with Crippen LogP contribution in [-0.4, -0.2) is 11.5 Å². The lowest BCUT2D eigenvalue weighted by Gasteiger charge is -2.28. The molecule has 4 aromatic carbocycles. The first-order valence-electron chi connectivity index (χ1n) is 14.3. The largest absolute Gasteiger partial charge is 0.410 e. The van der Waals surface area contributed by atoms with E-state index in [-0.39, 0.29) is 12.9 Å². The first-order chi connectivity index (χ1) is 20.2. The number of fused-ring (bicyclic) bond motifs is 6. The molecular weight excluding hydrogens is 497 g/mol. The van der Waals surface area contributed by atoms with Gasteiger partial charge in [-0.15, -0.1) is 0 Å². The van der Waals surface area contributed by atoms with Crippen molar-refractivity contribution in [3.05, 3.63) is 145 Å². The van der Waals surface area contributed by atoms with E-state index in [9.17, 15) is 0 Å². The molecule has 3 nitrogen and oxygen atoms in total. The number of rotatable bonds is 2. The van der Waals surface area contributed by atoms with Crippen molar-refractivity contribution in [1.29, 1.82) is 0 Å². The van der Waals surface area contributed by atoms with Gasteiger partial charge in [-0.1, -0.05) is 109 Å². The number of hydrogen-bond acceptors (Lipinski definition) is 2. The standard InChI is InChI=1S/C30H24BN3.C7H8/c1-34-28-12-5-4-9-23(28)26-18-21(14-16-29(26)34)20-13-15-27-25(17-20)24-11-6-10-22(19-7-2-3-8-19)30(24)31(32)33-27;1-2-4-6-7-5-3-1/h2-19,33H,32H2,1H3;1-6H,7H2. The second-order valence-electron chi connectivity index (χ2n) is 10.8. The van der Waals surface area contributed by atoms with Gasteiger partial charge in [0.15, 0.2) is 0 Å². The summed E-state index contributed by atoms with van der Waals surface area (Å²) in [6.07, 6.45) is 22.2. The summed E-state index contributed by atoms with van der Waals surface area (Å²) in [5.74, 6) is 0.279. The Balaban J connectivity index is 0.000000348. The minimum Gasteiger partial charge on any atom is -0.410 e. The number of nitrogens with one attached hydrogen (secondary N) is 1. The maximum Gasteiger partial charge on any atom is 0.371 e. The topological polar surface area (TPSA) is 43.0 Å². The number of aryl methyl sites for hydroxylation is 1. The molecule has 0 unspecified atom stereocenters. The summed E-state index contributed by atoms with van der Waals surface area (Å²) < 4.78 is 2.27. The van der Waals surface area contributed by atoms with Crippen LogP contribution in [0, 0.1) is 0 Å². The number of benzene rings is 4. The molecule has 3 N–H and O–H groups in total. The predicted octanol–water partition coefficient (Wildman–Crippen LogP) is 8.01. The minimum atomic E-state index is -0.223. The highest BCUT2D eigenvalue weighted by Gasteiger charge is 2.29. The molecule has 0 radical (unpaired) electrons. The van der Waals surface area contributed by atoms with Crippen LogP contribution in [0.4, 0.5) is 5.69 Å². The Labute approximate surface area is 241 Å². The highest BCUT2D eigenvalue weighted by Crippen LogP contribution is 2.38. The summed E-state index contributed by atoms with van der Waals surface area (Å²) >= 11 is 0. The number of aromatic nitrogens is 1. The molecule has 0 saturated heterocycles. The van der Waals surface area contributed by atoms with Gasteiger partial charge in [0.1, 0.15) is 0 Å². The zero-order valence-corrected chi connectivity index (χ0v) is 23.2. The zero-order valence-electron chi connectivity index (χ0n) is 23.2. The molecule has 5 aromatic rings. The molecule has 198 valence electrons. The van der Waals surface area contributed by atoms with Crippen molar-refractivity contribution in [3.63, 3.8) is 0 Å². The van der Waals surface area contributed by atoms with E-state index >= 15 is 0 Å². The van der Waals surface area contributed by atoms with Crippen molar-refractivity contribution in [3.8, 4) is 22.3 Å². The van der Waals surface area contributed by atoms with Gasteiger partial charge >= 0.3 is 6.98 Å². The lowest BCUT2D eigenvalue weighted by atomic mass is 9.60. The van der Waals surface area contributed by atoms with E-state index < -0.39 is 0 Å². The van der Waals surface area contributed by atoms with Crippen molar-refractivity contribution < 1.29 is 0 Å². The van der Waals surface area contributed by atoms with Crippen molar-refractivity contribution in [2.24, 2.45) is 12.7 Å². The third-order valence-corrected chi connectivity index (χ3v) is 8.30. The molecule has 2 aliphatic carbocycles. The summed E-state index contributed by atoms with van der Waals surface area (Å²) in [6, 6.07) is 28.7. The number of nitrogens with zero attached hydrogens (tertiary/aromatic N) is 1. The lowest BCUT2D eigenvalue weighted by molar-refractivity contribution is 1.01. The number of para-hydroxylation sites is 1. The van der Waals surface area contributed by atoms with Crippen LogP contribution in [0.15, 0.2) is 140 Å². The highest BCUT2D eigenvalue weighted by atomic mass is 14.9. The molecular formula is C37H32BN3. The van der Waals surface area contributed by atoms with Gasteiger partial charge in [-0.2, -0.15) is 0 Å². The van der Waals surface area contributed by atoms with E-state index in [0.717, 1.165) is 12.1 Å². The van der Waals surface area contributed by atoms with Crippen LogP contribution >= 0.6 is 0 Å². The van der Waals surface area contributed by atoms with Gasteiger partial charge < -0.3 is 15.4 Å². The van der Waals surface area contributed by atoms with Gasteiger partial charge in [0.2, 0.25) is 0 Å². The average molecular weight is 529 g/mol. The van der Waals surface area contributed by atoms with Gasteiger partial charge in [0, 0.05) is 46.0 Å². The SMILES string of the molecule is C1=CC=CCC=C1.Cn1c2ccccc2c2cc(-c3ccc4c(c3)-c3cccc(C5C=CC=C5)c3B(N)N4)ccc21. The third-order valence-electron chi connectivity index (χ3n) is 8.30. The van der Waals surface area contributed by atoms with Crippen LogP contribution < -0.4 is 16.3 Å².